The van der Waals surface area contributed by atoms with E-state index < -0.39 is 41.5 Å². The molecule has 2 aliphatic heterocycles. The molecule has 1 N–H and O–H groups in total. The lowest BCUT2D eigenvalue weighted by molar-refractivity contribution is -0.197. The molecule has 2 heterocycles. The molecule has 34 heavy (non-hydrogen) atoms. The van der Waals surface area contributed by atoms with Crippen molar-refractivity contribution in [2.45, 2.75) is 57.8 Å². The minimum Gasteiger partial charge on any atom is -0.346 e. The average Bonchev–Trinajstić information content (AvgIpc) is 3.28. The lowest BCUT2D eigenvalue weighted by Gasteiger charge is -2.12. The van der Waals surface area contributed by atoms with E-state index in [0.29, 0.717) is 15.9 Å². The minimum atomic E-state index is -0.859. The summed E-state index contributed by atoms with van der Waals surface area (Å²) in [6, 6.07) is 0. The Morgan fingerprint density at radius 1 is 0.676 bits per heavy atom. The molecule has 0 aromatic rings. The molecule has 15 heteroatoms. The van der Waals surface area contributed by atoms with Crippen molar-refractivity contribution >= 4 is 68.8 Å². The van der Waals surface area contributed by atoms with Gasteiger partial charge in [-0.3, -0.25) is 28.8 Å². The van der Waals surface area contributed by atoms with Gasteiger partial charge in [0.25, 0.3) is 23.6 Å². The minimum absolute atomic E-state index is 0.00397. The number of hydrogen-bond acceptors (Lipinski definition) is 12. The number of carbonyl (C=O) groups excluding carboxylic acids is 8. The van der Waals surface area contributed by atoms with Crippen molar-refractivity contribution in [3.05, 3.63) is 0 Å². The SMILES string of the molecule is O=C(CCSSCNC(=O)CCC(=O)ON1C(=O)CCC1=O)CCC(=O)ON1C(=O)CCC1=O. The van der Waals surface area contributed by atoms with Gasteiger partial charge in [0.05, 0.1) is 18.7 Å². The Balaban J connectivity index is 1.46. The maximum absolute atomic E-state index is 11.8. The molecule has 0 spiro atoms. The van der Waals surface area contributed by atoms with Gasteiger partial charge in [-0.25, -0.2) is 9.59 Å². The number of amides is 5. The topological polar surface area (TPSA) is 174 Å². The van der Waals surface area contributed by atoms with Crippen LogP contribution in [0, 0.1) is 0 Å². The van der Waals surface area contributed by atoms with E-state index in [1.54, 1.807) is 0 Å². The van der Waals surface area contributed by atoms with Gasteiger partial charge in [0.1, 0.15) is 5.78 Å². The zero-order valence-corrected chi connectivity index (χ0v) is 19.7. The lowest BCUT2D eigenvalue weighted by Crippen LogP contribution is -2.32. The Hall–Kier alpha value is -2.94. The standard InChI is InChI=1S/C19H23N3O10S2/c23-12(1-7-18(29)31-21-14(25)3-4-15(21)26)9-10-33-34-11-20-13(24)2-8-19(30)32-22-16(27)5-6-17(22)28/h1-11H2,(H,20,24). The van der Waals surface area contributed by atoms with Gasteiger partial charge in [-0.05, 0) is 0 Å². The summed E-state index contributed by atoms with van der Waals surface area (Å²) < 4.78 is 0. The van der Waals surface area contributed by atoms with Crippen molar-refractivity contribution in [3.8, 4) is 0 Å². The van der Waals surface area contributed by atoms with Crippen LogP contribution >= 0.6 is 21.6 Å². The Bertz CT molecular complexity index is 776. The second-order valence-electron chi connectivity index (χ2n) is 7.06. The quantitative estimate of drug-likeness (QED) is 0.143. The molecule has 5 amide bonds. The normalized spacial score (nSPS) is 15.6. The maximum Gasteiger partial charge on any atom is 0.333 e. The van der Waals surface area contributed by atoms with Gasteiger partial charge in [-0.1, -0.05) is 21.6 Å². The molecule has 2 rings (SSSR count). The molecular formula is C19H23N3O10S2. The summed E-state index contributed by atoms with van der Waals surface area (Å²) in [6.45, 7) is 0. The van der Waals surface area contributed by atoms with E-state index in [1.165, 1.54) is 21.6 Å². The first-order valence-corrected chi connectivity index (χ1v) is 12.8. The third-order valence-electron chi connectivity index (χ3n) is 4.44. The third kappa shape index (κ3) is 9.13. The van der Waals surface area contributed by atoms with Crippen molar-refractivity contribution in [1.29, 1.82) is 0 Å². The highest BCUT2D eigenvalue weighted by Crippen LogP contribution is 2.21. The monoisotopic (exact) mass is 517 g/mol. The zero-order valence-electron chi connectivity index (χ0n) is 18.1. The van der Waals surface area contributed by atoms with Crippen molar-refractivity contribution in [2.75, 3.05) is 11.6 Å². The molecule has 2 aliphatic rings. The maximum atomic E-state index is 11.8. The molecular weight excluding hydrogens is 494 g/mol. The van der Waals surface area contributed by atoms with E-state index >= 15 is 0 Å². The summed E-state index contributed by atoms with van der Waals surface area (Å²) in [5.74, 6) is -4.00. The first-order chi connectivity index (χ1) is 16.2. The summed E-state index contributed by atoms with van der Waals surface area (Å²) >= 11 is 0. The van der Waals surface area contributed by atoms with Crippen LogP contribution in [0.1, 0.15) is 57.8 Å². The van der Waals surface area contributed by atoms with Crippen LogP contribution in [0.15, 0.2) is 0 Å². The van der Waals surface area contributed by atoms with Gasteiger partial charge in [0.15, 0.2) is 0 Å². The molecule has 13 nitrogen and oxygen atoms in total. The summed E-state index contributed by atoms with van der Waals surface area (Å²) in [4.78, 5) is 102. The van der Waals surface area contributed by atoms with E-state index in [4.69, 9.17) is 0 Å². The van der Waals surface area contributed by atoms with Crippen LogP contribution in [-0.2, 0) is 48.0 Å². The molecule has 0 radical (unpaired) electrons. The van der Waals surface area contributed by atoms with Gasteiger partial charge in [-0.2, -0.15) is 0 Å². The number of ketones is 1. The van der Waals surface area contributed by atoms with Crippen LogP contribution in [0.2, 0.25) is 0 Å². The summed E-state index contributed by atoms with van der Waals surface area (Å²) in [7, 11) is 2.60. The highest BCUT2D eigenvalue weighted by molar-refractivity contribution is 8.76. The number of carbonyl (C=O) groups is 8. The van der Waals surface area contributed by atoms with Crippen molar-refractivity contribution in [3.63, 3.8) is 0 Å². The third-order valence-corrected chi connectivity index (χ3v) is 6.59. The second-order valence-corrected chi connectivity index (χ2v) is 9.65. The van der Waals surface area contributed by atoms with Crippen molar-refractivity contribution in [2.24, 2.45) is 0 Å². The van der Waals surface area contributed by atoms with Crippen LogP contribution < -0.4 is 5.32 Å². The number of nitrogens with zero attached hydrogens (tertiary/aromatic N) is 2. The van der Waals surface area contributed by atoms with Crippen molar-refractivity contribution < 1.29 is 48.0 Å². The van der Waals surface area contributed by atoms with Crippen molar-refractivity contribution in [1.82, 2.24) is 15.4 Å². The fourth-order valence-electron chi connectivity index (χ4n) is 2.65. The molecule has 0 unspecified atom stereocenters. The number of nitrogens with one attached hydrogen (secondary N) is 1. The number of rotatable bonds is 14. The van der Waals surface area contributed by atoms with Crippen LogP contribution in [-0.4, -0.2) is 69.0 Å². The molecule has 0 saturated carbocycles. The Morgan fingerprint density at radius 2 is 1.15 bits per heavy atom. The fraction of sp³-hybridized carbons (Fsp3) is 0.579. The van der Waals surface area contributed by atoms with Gasteiger partial charge in [-0.15, -0.1) is 10.1 Å². The van der Waals surface area contributed by atoms with Gasteiger partial charge in [0.2, 0.25) is 5.91 Å². The van der Waals surface area contributed by atoms with Crippen LogP contribution in [0.25, 0.3) is 0 Å². The van der Waals surface area contributed by atoms with Gasteiger partial charge in [0, 0.05) is 50.7 Å². The molecule has 186 valence electrons. The Morgan fingerprint density at radius 3 is 1.65 bits per heavy atom. The largest absolute Gasteiger partial charge is 0.346 e. The molecule has 2 saturated heterocycles. The van der Waals surface area contributed by atoms with E-state index in [-0.39, 0.29) is 69.4 Å². The van der Waals surface area contributed by atoms with Gasteiger partial charge < -0.3 is 15.0 Å². The highest BCUT2D eigenvalue weighted by Gasteiger charge is 2.33. The second kappa shape index (κ2) is 13.7. The van der Waals surface area contributed by atoms with E-state index in [9.17, 15) is 38.4 Å². The Labute approximate surface area is 201 Å². The van der Waals surface area contributed by atoms with Gasteiger partial charge >= 0.3 is 11.9 Å². The van der Waals surface area contributed by atoms with Crippen LogP contribution in [0.5, 0.6) is 0 Å². The predicted octanol–water partition coefficient (Wildman–Crippen LogP) is 0.175. The predicted molar refractivity (Wildman–Crippen MR) is 116 cm³/mol. The molecule has 0 bridgehead atoms. The van der Waals surface area contributed by atoms with E-state index in [2.05, 4.69) is 15.0 Å². The van der Waals surface area contributed by atoms with E-state index in [0.717, 1.165) is 0 Å². The molecule has 2 fully saturated rings. The first kappa shape index (κ1) is 27.3. The zero-order chi connectivity index (χ0) is 25.1. The lowest BCUT2D eigenvalue weighted by atomic mass is 10.2. The summed E-state index contributed by atoms with van der Waals surface area (Å²) in [5, 5.41) is 3.42. The van der Waals surface area contributed by atoms with E-state index in [1.807, 2.05) is 0 Å². The summed E-state index contributed by atoms with van der Waals surface area (Å²) in [5.41, 5.74) is 0. The smallest absolute Gasteiger partial charge is 0.333 e. The number of Topliss-reactive ketones (excluding diaryl/α,β-unsaturated/α-hetero) is 1. The number of imide groups is 2. The molecule has 0 aromatic heterocycles. The number of hydrogen-bond donors (Lipinski definition) is 1. The molecule has 0 atom stereocenters. The summed E-state index contributed by atoms with van der Waals surface area (Å²) in [6.07, 6.45) is -0.646. The average molecular weight is 518 g/mol. The Kier molecular flexibility index (Phi) is 11.0. The first-order valence-electron chi connectivity index (χ1n) is 10.3. The number of hydroxylamine groups is 4. The van der Waals surface area contributed by atoms with Crippen LogP contribution in [0.3, 0.4) is 0 Å². The van der Waals surface area contributed by atoms with Crippen LogP contribution in [0.4, 0.5) is 0 Å². The molecule has 0 aromatic carbocycles. The fourth-order valence-corrected chi connectivity index (χ4v) is 4.41. The molecule has 0 aliphatic carbocycles. The highest BCUT2D eigenvalue weighted by atomic mass is 33.1.